The summed E-state index contributed by atoms with van der Waals surface area (Å²) in [5.41, 5.74) is 1.25. The number of carbonyl (C=O) groups excluding carboxylic acids is 2. The van der Waals surface area contributed by atoms with Crippen LogP contribution in [0.3, 0.4) is 0 Å². The van der Waals surface area contributed by atoms with Crippen molar-refractivity contribution in [2.24, 2.45) is 5.92 Å². The number of hydrogen-bond acceptors (Lipinski definition) is 2. The summed E-state index contributed by atoms with van der Waals surface area (Å²) in [7, 11) is 0. The lowest BCUT2D eigenvalue weighted by Gasteiger charge is -2.17. The van der Waals surface area contributed by atoms with E-state index in [2.05, 4.69) is 37.2 Å². The van der Waals surface area contributed by atoms with Gasteiger partial charge in [0.25, 0.3) is 0 Å². The lowest BCUT2D eigenvalue weighted by atomic mass is 10.1. The van der Waals surface area contributed by atoms with Crippen molar-refractivity contribution >= 4 is 55.0 Å². The van der Waals surface area contributed by atoms with E-state index in [4.69, 9.17) is 0 Å². The second kappa shape index (κ2) is 7.03. The third-order valence-electron chi connectivity index (χ3n) is 3.82. The number of amides is 2. The van der Waals surface area contributed by atoms with Crippen molar-refractivity contribution < 1.29 is 14.0 Å². The first kappa shape index (κ1) is 17.1. The van der Waals surface area contributed by atoms with Gasteiger partial charge in [-0.25, -0.2) is 4.39 Å². The average molecular weight is 456 g/mol. The maximum atomic E-state index is 13.0. The molecule has 1 fully saturated rings. The molecule has 1 atom stereocenters. The Bertz CT molecular complexity index is 796. The number of nitrogens with one attached hydrogen (secondary N) is 1. The molecular weight excluding hydrogens is 443 g/mol. The number of hydrogen-bond donors (Lipinski definition) is 1. The van der Waals surface area contributed by atoms with E-state index in [9.17, 15) is 14.0 Å². The maximum absolute atomic E-state index is 13.0. The largest absolute Gasteiger partial charge is 0.325 e. The molecule has 2 amide bonds. The minimum Gasteiger partial charge on any atom is -0.325 e. The van der Waals surface area contributed by atoms with E-state index in [-0.39, 0.29) is 30.6 Å². The van der Waals surface area contributed by atoms with Crippen LogP contribution in [0.25, 0.3) is 0 Å². The summed E-state index contributed by atoms with van der Waals surface area (Å²) in [5, 5.41) is 2.84. The van der Waals surface area contributed by atoms with Crippen LogP contribution in [0.2, 0.25) is 0 Å². The van der Waals surface area contributed by atoms with Crippen LogP contribution in [0.5, 0.6) is 0 Å². The van der Waals surface area contributed by atoms with E-state index in [1.165, 1.54) is 17.0 Å². The van der Waals surface area contributed by atoms with Gasteiger partial charge in [0.05, 0.1) is 11.6 Å². The predicted molar refractivity (Wildman–Crippen MR) is 97.3 cm³/mol. The van der Waals surface area contributed by atoms with Crippen LogP contribution >= 0.6 is 31.9 Å². The molecule has 24 heavy (non-hydrogen) atoms. The van der Waals surface area contributed by atoms with Crippen LogP contribution in [0.15, 0.2) is 51.4 Å². The van der Waals surface area contributed by atoms with E-state index in [1.807, 2.05) is 12.1 Å². The molecule has 3 rings (SSSR count). The third-order valence-corrected chi connectivity index (χ3v) is 4.97. The summed E-state index contributed by atoms with van der Waals surface area (Å²) in [6, 6.07) is 11.1. The van der Waals surface area contributed by atoms with Gasteiger partial charge >= 0.3 is 0 Å². The first-order valence-electron chi connectivity index (χ1n) is 7.26. The summed E-state index contributed by atoms with van der Waals surface area (Å²) < 4.78 is 14.7. The zero-order chi connectivity index (χ0) is 17.3. The molecule has 0 aromatic heterocycles. The average Bonchev–Trinajstić information content (AvgIpc) is 2.93. The summed E-state index contributed by atoms with van der Waals surface area (Å²) >= 11 is 6.75. The van der Waals surface area contributed by atoms with Crippen molar-refractivity contribution in [3.8, 4) is 0 Å². The van der Waals surface area contributed by atoms with Gasteiger partial charge in [0, 0.05) is 27.6 Å². The normalized spacial score (nSPS) is 17.2. The SMILES string of the molecule is O=C(Nc1ccc(Br)cc1Br)[C@H]1CC(=O)N(c2ccc(F)cc2)C1. The van der Waals surface area contributed by atoms with E-state index >= 15 is 0 Å². The van der Waals surface area contributed by atoms with Crippen LogP contribution in [0.4, 0.5) is 15.8 Å². The molecule has 124 valence electrons. The zero-order valence-corrected chi connectivity index (χ0v) is 15.6. The van der Waals surface area contributed by atoms with Crippen molar-refractivity contribution in [2.45, 2.75) is 6.42 Å². The van der Waals surface area contributed by atoms with E-state index in [0.717, 1.165) is 8.95 Å². The predicted octanol–water partition coefficient (Wildman–Crippen LogP) is 4.34. The van der Waals surface area contributed by atoms with E-state index in [1.54, 1.807) is 18.2 Å². The smallest absolute Gasteiger partial charge is 0.229 e. The molecule has 0 radical (unpaired) electrons. The molecule has 0 unspecified atom stereocenters. The Morgan fingerprint density at radius 3 is 2.54 bits per heavy atom. The molecule has 2 aromatic rings. The fraction of sp³-hybridized carbons (Fsp3) is 0.176. The Kier molecular flexibility index (Phi) is 5.01. The van der Waals surface area contributed by atoms with Gasteiger partial charge in [0.15, 0.2) is 0 Å². The van der Waals surface area contributed by atoms with E-state index < -0.39 is 5.92 Å². The summed E-state index contributed by atoms with van der Waals surface area (Å²) in [6.07, 6.45) is 0.136. The fourth-order valence-electron chi connectivity index (χ4n) is 2.58. The minimum atomic E-state index is -0.446. The fourth-order valence-corrected chi connectivity index (χ4v) is 3.73. The molecule has 7 heteroatoms. The number of halogens is 3. The van der Waals surface area contributed by atoms with Crippen molar-refractivity contribution in [1.82, 2.24) is 0 Å². The summed E-state index contributed by atoms with van der Waals surface area (Å²) in [4.78, 5) is 26.1. The van der Waals surface area contributed by atoms with Crippen molar-refractivity contribution in [3.05, 3.63) is 57.2 Å². The zero-order valence-electron chi connectivity index (χ0n) is 12.4. The Labute approximate surface area is 155 Å². The molecule has 1 N–H and O–H groups in total. The maximum Gasteiger partial charge on any atom is 0.229 e. The monoisotopic (exact) mass is 454 g/mol. The minimum absolute atomic E-state index is 0.136. The standard InChI is InChI=1S/C17H13Br2FN2O2/c18-11-1-6-15(14(19)8-11)21-17(24)10-7-16(23)22(9-10)13-4-2-12(20)3-5-13/h1-6,8,10H,7,9H2,(H,21,24)/t10-/m0/s1. The summed E-state index contributed by atoms with van der Waals surface area (Å²) in [5.74, 6) is -1.16. The highest BCUT2D eigenvalue weighted by Crippen LogP contribution is 2.29. The second-order valence-corrected chi connectivity index (χ2v) is 7.27. The topological polar surface area (TPSA) is 49.4 Å². The molecule has 1 aliphatic heterocycles. The Morgan fingerprint density at radius 1 is 1.17 bits per heavy atom. The molecular formula is C17H13Br2FN2O2. The van der Waals surface area contributed by atoms with Gasteiger partial charge in [0.2, 0.25) is 11.8 Å². The van der Waals surface area contributed by atoms with Crippen LogP contribution in [-0.2, 0) is 9.59 Å². The van der Waals surface area contributed by atoms with E-state index in [0.29, 0.717) is 11.4 Å². The van der Waals surface area contributed by atoms with Gasteiger partial charge in [-0.2, -0.15) is 0 Å². The van der Waals surface area contributed by atoms with Crippen molar-refractivity contribution in [1.29, 1.82) is 0 Å². The molecule has 2 aromatic carbocycles. The Balaban J connectivity index is 1.70. The van der Waals surface area contributed by atoms with Crippen LogP contribution in [0.1, 0.15) is 6.42 Å². The lowest BCUT2D eigenvalue weighted by Crippen LogP contribution is -2.28. The van der Waals surface area contributed by atoms with Crippen molar-refractivity contribution in [3.63, 3.8) is 0 Å². The Hall–Kier alpha value is -1.73. The molecule has 0 aliphatic carbocycles. The van der Waals surface area contributed by atoms with Gasteiger partial charge in [-0.3, -0.25) is 9.59 Å². The van der Waals surface area contributed by atoms with Gasteiger partial charge in [-0.15, -0.1) is 0 Å². The molecule has 0 bridgehead atoms. The molecule has 1 aliphatic rings. The van der Waals surface area contributed by atoms with Crippen LogP contribution in [0, 0.1) is 11.7 Å². The highest BCUT2D eigenvalue weighted by Gasteiger charge is 2.35. The van der Waals surface area contributed by atoms with Gasteiger partial charge in [-0.05, 0) is 58.4 Å². The van der Waals surface area contributed by atoms with Gasteiger partial charge in [-0.1, -0.05) is 15.9 Å². The molecule has 0 saturated carbocycles. The number of benzene rings is 2. The second-order valence-electron chi connectivity index (χ2n) is 5.50. The highest BCUT2D eigenvalue weighted by atomic mass is 79.9. The summed E-state index contributed by atoms with van der Waals surface area (Å²) in [6.45, 7) is 0.282. The van der Waals surface area contributed by atoms with Crippen molar-refractivity contribution in [2.75, 3.05) is 16.8 Å². The number of rotatable bonds is 3. The van der Waals surface area contributed by atoms with Crippen LogP contribution in [-0.4, -0.2) is 18.4 Å². The number of nitrogens with zero attached hydrogens (tertiary/aromatic N) is 1. The molecule has 4 nitrogen and oxygen atoms in total. The third kappa shape index (κ3) is 3.67. The lowest BCUT2D eigenvalue weighted by molar-refractivity contribution is -0.122. The van der Waals surface area contributed by atoms with Gasteiger partial charge in [0.1, 0.15) is 5.82 Å². The number of anilines is 2. The molecule has 1 saturated heterocycles. The quantitative estimate of drug-likeness (QED) is 0.748. The number of carbonyl (C=O) groups is 2. The highest BCUT2D eigenvalue weighted by molar-refractivity contribution is 9.11. The molecule has 1 heterocycles. The first-order valence-corrected chi connectivity index (χ1v) is 8.84. The van der Waals surface area contributed by atoms with Gasteiger partial charge < -0.3 is 10.2 Å². The van der Waals surface area contributed by atoms with Crippen LogP contribution < -0.4 is 10.2 Å². The first-order chi connectivity index (χ1) is 11.4. The Morgan fingerprint density at radius 2 is 1.88 bits per heavy atom. The molecule has 0 spiro atoms.